The number of nitrogens with zero attached hydrogens (tertiary/aromatic N) is 1. The highest BCUT2D eigenvalue weighted by Crippen LogP contribution is 2.35. The number of aromatic nitrogens is 2. The average molecular weight is 616 g/mol. The van der Waals surface area contributed by atoms with Crippen molar-refractivity contribution in [1.29, 1.82) is 0 Å². The lowest BCUT2D eigenvalue weighted by molar-refractivity contribution is -0.114. The number of hydrogen-bond acceptors (Lipinski definition) is 6. The lowest BCUT2D eigenvalue weighted by Crippen LogP contribution is -2.30. The van der Waals surface area contributed by atoms with Crippen LogP contribution in [0.25, 0.3) is 11.3 Å². The minimum Gasteiger partial charge on any atom is -0.449 e. The Morgan fingerprint density at radius 3 is 2.60 bits per heavy atom. The standard InChI is InChI=1S/C30H32ClF2N5O5/c1-4-5-6-23(36-29(40)25-21(32)11-16(2)12-22(25)33)28-37-26(27(31)38-28)20-8-7-19(13-24(20)34-17(3)39)35-30(41)43-15-18-9-10-42-14-18/h4-5,7-8,11-13,18,23H,6,9-10,14-15H2,1-3H3,(H,34,39)(H,35,41)(H,36,40)(H,37,38)/b5-4+/t18?,23-/m0/s1. The number of aromatic amines is 1. The van der Waals surface area contributed by atoms with Crippen LogP contribution < -0.4 is 16.0 Å². The number of nitrogens with one attached hydrogen (secondary N) is 4. The van der Waals surface area contributed by atoms with Gasteiger partial charge in [-0.05, 0) is 62.6 Å². The maximum atomic E-state index is 14.5. The Labute approximate surface area is 252 Å². The van der Waals surface area contributed by atoms with Crippen LogP contribution in [0, 0.1) is 24.5 Å². The molecule has 2 atom stereocenters. The van der Waals surface area contributed by atoms with E-state index in [-0.39, 0.29) is 41.5 Å². The Balaban J connectivity index is 1.59. The zero-order valence-corrected chi connectivity index (χ0v) is 24.6. The molecule has 4 rings (SSSR count). The number of rotatable bonds is 10. The van der Waals surface area contributed by atoms with E-state index in [0.717, 1.165) is 18.6 Å². The molecule has 1 unspecified atom stereocenters. The molecule has 3 amide bonds. The average Bonchev–Trinajstić information content (AvgIpc) is 3.59. The maximum absolute atomic E-state index is 14.5. The predicted octanol–water partition coefficient (Wildman–Crippen LogP) is 6.30. The summed E-state index contributed by atoms with van der Waals surface area (Å²) >= 11 is 6.53. The van der Waals surface area contributed by atoms with Crippen LogP contribution >= 0.6 is 11.6 Å². The van der Waals surface area contributed by atoms with Crippen LogP contribution in [0.2, 0.25) is 5.15 Å². The van der Waals surface area contributed by atoms with E-state index >= 15 is 0 Å². The predicted molar refractivity (Wildman–Crippen MR) is 158 cm³/mol. The number of carbonyl (C=O) groups is 3. The lowest BCUT2D eigenvalue weighted by atomic mass is 10.1. The second-order valence-electron chi connectivity index (χ2n) is 10.1. The summed E-state index contributed by atoms with van der Waals surface area (Å²) in [6.07, 6.45) is 3.91. The number of hydrogen-bond donors (Lipinski definition) is 4. The van der Waals surface area contributed by atoms with Gasteiger partial charge in [-0.15, -0.1) is 0 Å². The molecule has 10 nitrogen and oxygen atoms in total. The van der Waals surface area contributed by atoms with E-state index in [4.69, 9.17) is 21.1 Å². The van der Waals surface area contributed by atoms with E-state index in [2.05, 4.69) is 25.9 Å². The summed E-state index contributed by atoms with van der Waals surface area (Å²) in [5.41, 5.74) is 0.936. The summed E-state index contributed by atoms with van der Waals surface area (Å²) in [5, 5.41) is 8.06. The molecule has 4 N–H and O–H groups in total. The Kier molecular flexibility index (Phi) is 10.5. The zero-order chi connectivity index (χ0) is 31.1. The van der Waals surface area contributed by atoms with Gasteiger partial charge in [-0.25, -0.2) is 18.6 Å². The Morgan fingerprint density at radius 1 is 1.21 bits per heavy atom. The summed E-state index contributed by atoms with van der Waals surface area (Å²) in [6.45, 7) is 6.03. The summed E-state index contributed by atoms with van der Waals surface area (Å²) < 4.78 is 39.6. The highest BCUT2D eigenvalue weighted by Gasteiger charge is 2.25. The van der Waals surface area contributed by atoms with Gasteiger partial charge >= 0.3 is 6.09 Å². The Bertz CT molecular complexity index is 1510. The molecule has 0 bridgehead atoms. The van der Waals surface area contributed by atoms with Gasteiger partial charge in [-0.3, -0.25) is 14.9 Å². The van der Waals surface area contributed by atoms with Gasteiger partial charge < -0.3 is 25.1 Å². The molecule has 228 valence electrons. The first-order valence-corrected chi connectivity index (χ1v) is 14.0. The molecule has 1 saturated heterocycles. The highest BCUT2D eigenvalue weighted by atomic mass is 35.5. The first-order chi connectivity index (χ1) is 20.5. The van der Waals surface area contributed by atoms with Crippen LogP contribution in [-0.4, -0.2) is 47.7 Å². The number of amides is 3. The van der Waals surface area contributed by atoms with Gasteiger partial charge in [0.15, 0.2) is 0 Å². The van der Waals surface area contributed by atoms with Gasteiger partial charge in [0, 0.05) is 30.7 Å². The maximum Gasteiger partial charge on any atom is 0.411 e. The zero-order valence-electron chi connectivity index (χ0n) is 23.9. The third-order valence-electron chi connectivity index (χ3n) is 6.64. The number of ether oxygens (including phenoxy) is 2. The van der Waals surface area contributed by atoms with Crippen molar-refractivity contribution in [3.8, 4) is 11.3 Å². The molecule has 43 heavy (non-hydrogen) atoms. The number of carbonyl (C=O) groups excluding carboxylic acids is 3. The Hall–Kier alpha value is -4.29. The third kappa shape index (κ3) is 8.17. The monoisotopic (exact) mass is 615 g/mol. The first kappa shape index (κ1) is 31.6. The number of allylic oxidation sites excluding steroid dienone is 1. The summed E-state index contributed by atoms with van der Waals surface area (Å²) in [7, 11) is 0. The largest absolute Gasteiger partial charge is 0.449 e. The van der Waals surface area contributed by atoms with E-state index < -0.39 is 35.2 Å². The van der Waals surface area contributed by atoms with E-state index in [1.54, 1.807) is 31.2 Å². The molecule has 2 heterocycles. The molecule has 13 heteroatoms. The van der Waals surface area contributed by atoms with Crippen LogP contribution in [0.5, 0.6) is 0 Å². The molecule has 1 fully saturated rings. The van der Waals surface area contributed by atoms with E-state index in [1.165, 1.54) is 19.9 Å². The summed E-state index contributed by atoms with van der Waals surface area (Å²) in [5.74, 6) is -2.94. The van der Waals surface area contributed by atoms with Crippen molar-refractivity contribution in [1.82, 2.24) is 15.3 Å². The van der Waals surface area contributed by atoms with Crippen LogP contribution in [-0.2, 0) is 14.3 Å². The summed E-state index contributed by atoms with van der Waals surface area (Å²) in [6, 6.07) is 6.05. The molecule has 2 aromatic carbocycles. The quantitative estimate of drug-likeness (QED) is 0.198. The third-order valence-corrected chi connectivity index (χ3v) is 6.91. The van der Waals surface area contributed by atoms with Gasteiger partial charge in [-0.1, -0.05) is 23.8 Å². The molecular weight excluding hydrogens is 584 g/mol. The Morgan fingerprint density at radius 2 is 1.95 bits per heavy atom. The molecule has 1 aromatic heterocycles. The molecular formula is C30H32ClF2N5O5. The SMILES string of the molecule is C/C=C/C[C@H](NC(=O)c1c(F)cc(C)cc1F)c1nc(-c2ccc(NC(=O)OCC3CCOC3)cc2NC(C)=O)c(Cl)[nH]1. The van der Waals surface area contributed by atoms with Crippen molar-refractivity contribution in [3.05, 3.63) is 76.2 Å². The van der Waals surface area contributed by atoms with E-state index in [1.807, 2.05) is 0 Å². The highest BCUT2D eigenvalue weighted by molar-refractivity contribution is 6.32. The minimum atomic E-state index is -0.983. The fourth-order valence-corrected chi connectivity index (χ4v) is 4.80. The fraction of sp³-hybridized carbons (Fsp3) is 0.333. The lowest BCUT2D eigenvalue weighted by Gasteiger charge is -2.16. The molecule has 0 saturated carbocycles. The number of anilines is 2. The normalized spacial score (nSPS) is 15.3. The van der Waals surface area contributed by atoms with Crippen molar-refractivity contribution < 1.29 is 32.6 Å². The molecule has 0 aliphatic carbocycles. The van der Waals surface area contributed by atoms with Crippen LogP contribution in [0.1, 0.15) is 54.5 Å². The second-order valence-corrected chi connectivity index (χ2v) is 10.5. The molecule has 3 aromatic rings. The molecule has 0 radical (unpaired) electrons. The van der Waals surface area contributed by atoms with Gasteiger partial charge in [-0.2, -0.15) is 0 Å². The minimum absolute atomic E-state index is 0.0907. The van der Waals surface area contributed by atoms with Crippen molar-refractivity contribution in [2.75, 3.05) is 30.5 Å². The second kappa shape index (κ2) is 14.3. The number of benzene rings is 2. The number of imidazole rings is 1. The van der Waals surface area contributed by atoms with Gasteiger partial charge in [0.25, 0.3) is 5.91 Å². The van der Waals surface area contributed by atoms with Gasteiger partial charge in [0.2, 0.25) is 5.91 Å². The topological polar surface area (TPSA) is 134 Å². The van der Waals surface area contributed by atoms with Crippen molar-refractivity contribution >= 4 is 40.9 Å². The number of halogens is 3. The smallest absolute Gasteiger partial charge is 0.411 e. The number of aryl methyl sites for hydroxylation is 1. The molecule has 1 aliphatic rings. The van der Waals surface area contributed by atoms with Crippen LogP contribution in [0.4, 0.5) is 25.0 Å². The van der Waals surface area contributed by atoms with Crippen molar-refractivity contribution in [2.24, 2.45) is 5.92 Å². The molecule has 1 aliphatic heterocycles. The van der Waals surface area contributed by atoms with Gasteiger partial charge in [0.1, 0.15) is 33.9 Å². The van der Waals surface area contributed by atoms with Crippen molar-refractivity contribution in [3.63, 3.8) is 0 Å². The summed E-state index contributed by atoms with van der Waals surface area (Å²) in [4.78, 5) is 44.8. The number of H-pyrrole nitrogens is 1. The van der Waals surface area contributed by atoms with Crippen molar-refractivity contribution in [2.45, 2.75) is 39.7 Å². The van der Waals surface area contributed by atoms with Gasteiger partial charge in [0.05, 0.1) is 24.9 Å². The van der Waals surface area contributed by atoms with E-state index in [9.17, 15) is 23.2 Å². The van der Waals surface area contributed by atoms with Crippen LogP contribution in [0.15, 0.2) is 42.5 Å². The van der Waals surface area contributed by atoms with Crippen LogP contribution in [0.3, 0.4) is 0 Å². The first-order valence-electron chi connectivity index (χ1n) is 13.6. The van der Waals surface area contributed by atoms with E-state index in [0.29, 0.717) is 35.7 Å². The fourth-order valence-electron chi connectivity index (χ4n) is 4.55. The molecule has 0 spiro atoms.